The molecular formula is C11H21N. The Kier molecular flexibility index (Phi) is 11.6. The summed E-state index contributed by atoms with van der Waals surface area (Å²) < 4.78 is 0. The predicted molar refractivity (Wildman–Crippen MR) is 58.6 cm³/mol. The Labute approximate surface area is 76.9 Å². The molecule has 0 aliphatic carbocycles. The fourth-order valence-corrected chi connectivity index (χ4v) is 0.547. The van der Waals surface area contributed by atoms with Gasteiger partial charge in [0.05, 0.1) is 0 Å². The number of hydrogen-bond acceptors (Lipinski definition) is 1. The molecule has 0 aliphatic heterocycles. The number of hydrogen-bond donors (Lipinski definition) is 0. The summed E-state index contributed by atoms with van der Waals surface area (Å²) in [5.74, 6) is 0.944. The number of rotatable bonds is 4. The topological polar surface area (TPSA) is 12.4 Å². The summed E-state index contributed by atoms with van der Waals surface area (Å²) in [7, 11) is 0. The van der Waals surface area contributed by atoms with Gasteiger partial charge in [0.2, 0.25) is 0 Å². The summed E-state index contributed by atoms with van der Waals surface area (Å²) in [5, 5.41) is 0. The van der Waals surface area contributed by atoms with Crippen LogP contribution >= 0.6 is 0 Å². The lowest BCUT2D eigenvalue weighted by atomic mass is 9.98. The maximum absolute atomic E-state index is 3.93. The third-order valence-corrected chi connectivity index (χ3v) is 1.63. The molecule has 0 spiro atoms. The summed E-state index contributed by atoms with van der Waals surface area (Å²) in [4.78, 5) is 3.93. The second-order valence-electron chi connectivity index (χ2n) is 2.43. The van der Waals surface area contributed by atoms with Crippen molar-refractivity contribution in [3.8, 4) is 0 Å². The zero-order valence-corrected chi connectivity index (χ0v) is 8.75. The van der Waals surface area contributed by atoms with Gasteiger partial charge in [-0.3, -0.25) is 4.99 Å². The van der Waals surface area contributed by atoms with Crippen LogP contribution in [0.15, 0.2) is 30.4 Å². The Bertz CT molecular complexity index is 136. The maximum atomic E-state index is 3.93. The average Bonchev–Trinajstić information content (AvgIpc) is 2.16. The molecule has 0 aliphatic rings. The van der Waals surface area contributed by atoms with Crippen molar-refractivity contribution < 1.29 is 0 Å². The van der Waals surface area contributed by atoms with Crippen LogP contribution in [0.3, 0.4) is 0 Å². The molecule has 12 heavy (non-hydrogen) atoms. The van der Waals surface area contributed by atoms with Gasteiger partial charge in [-0.15, -0.1) is 6.58 Å². The fraction of sp³-hybridized carbons (Fsp3) is 0.545. The van der Waals surface area contributed by atoms with Crippen LogP contribution in [0, 0.1) is 11.8 Å². The van der Waals surface area contributed by atoms with Crippen molar-refractivity contribution in [2.24, 2.45) is 16.8 Å². The van der Waals surface area contributed by atoms with Crippen molar-refractivity contribution in [2.75, 3.05) is 0 Å². The molecule has 0 aromatic carbocycles. The SMILES string of the molecule is C=CN=CC(C)C(C)C=C.CC. The number of nitrogens with zero attached hydrogens (tertiary/aromatic N) is 1. The molecule has 0 fully saturated rings. The zero-order chi connectivity index (χ0) is 9.98. The van der Waals surface area contributed by atoms with E-state index in [1.54, 1.807) is 6.20 Å². The van der Waals surface area contributed by atoms with Gasteiger partial charge >= 0.3 is 0 Å². The van der Waals surface area contributed by atoms with Crippen molar-refractivity contribution in [1.82, 2.24) is 0 Å². The van der Waals surface area contributed by atoms with Crippen LogP contribution in [0.25, 0.3) is 0 Å². The predicted octanol–water partition coefficient (Wildman–Crippen LogP) is 3.69. The van der Waals surface area contributed by atoms with Gasteiger partial charge < -0.3 is 0 Å². The van der Waals surface area contributed by atoms with Crippen molar-refractivity contribution in [1.29, 1.82) is 0 Å². The normalized spacial score (nSPS) is 14.3. The Balaban J connectivity index is 0. The Morgan fingerprint density at radius 1 is 1.08 bits per heavy atom. The van der Waals surface area contributed by atoms with Crippen molar-refractivity contribution >= 4 is 6.21 Å². The lowest BCUT2D eigenvalue weighted by molar-refractivity contribution is 0.601. The van der Waals surface area contributed by atoms with Gasteiger partial charge in [0.15, 0.2) is 0 Å². The highest BCUT2D eigenvalue weighted by molar-refractivity contribution is 5.61. The van der Waals surface area contributed by atoms with Crippen LogP contribution in [0.5, 0.6) is 0 Å². The van der Waals surface area contributed by atoms with E-state index in [0.717, 1.165) is 0 Å². The highest BCUT2D eigenvalue weighted by Gasteiger charge is 2.03. The highest BCUT2D eigenvalue weighted by atomic mass is 14.7. The summed E-state index contributed by atoms with van der Waals surface area (Å²) in [6, 6.07) is 0. The zero-order valence-electron chi connectivity index (χ0n) is 8.75. The van der Waals surface area contributed by atoms with E-state index in [1.807, 2.05) is 26.1 Å². The first-order valence-corrected chi connectivity index (χ1v) is 4.49. The van der Waals surface area contributed by atoms with Gasteiger partial charge in [-0.05, 0) is 11.8 Å². The first-order chi connectivity index (χ1) is 5.72. The molecule has 2 atom stereocenters. The molecule has 70 valence electrons. The minimum Gasteiger partial charge on any atom is -0.269 e. The molecule has 0 amide bonds. The van der Waals surface area contributed by atoms with Gasteiger partial charge in [-0.2, -0.15) is 0 Å². The molecule has 1 nitrogen and oxygen atoms in total. The third kappa shape index (κ3) is 7.26. The van der Waals surface area contributed by atoms with Crippen molar-refractivity contribution in [3.63, 3.8) is 0 Å². The first-order valence-electron chi connectivity index (χ1n) is 4.49. The van der Waals surface area contributed by atoms with E-state index in [4.69, 9.17) is 0 Å². The number of allylic oxidation sites excluding steroid dienone is 1. The molecule has 0 saturated carbocycles. The van der Waals surface area contributed by atoms with Crippen molar-refractivity contribution in [2.45, 2.75) is 27.7 Å². The summed E-state index contributed by atoms with van der Waals surface area (Å²) in [6.07, 6.45) is 5.37. The van der Waals surface area contributed by atoms with Crippen LogP contribution in [0.2, 0.25) is 0 Å². The molecule has 0 aromatic heterocycles. The largest absolute Gasteiger partial charge is 0.269 e. The minimum absolute atomic E-state index is 0.454. The Morgan fingerprint density at radius 2 is 1.58 bits per heavy atom. The molecule has 0 saturated heterocycles. The van der Waals surface area contributed by atoms with Gasteiger partial charge in [0.1, 0.15) is 0 Å². The monoisotopic (exact) mass is 167 g/mol. The van der Waals surface area contributed by atoms with Gasteiger partial charge in [0, 0.05) is 12.4 Å². The quantitative estimate of drug-likeness (QED) is 0.447. The van der Waals surface area contributed by atoms with Crippen LogP contribution in [0.1, 0.15) is 27.7 Å². The molecule has 0 rings (SSSR count). The van der Waals surface area contributed by atoms with E-state index >= 15 is 0 Å². The average molecular weight is 167 g/mol. The fourth-order valence-electron chi connectivity index (χ4n) is 0.547. The summed E-state index contributed by atoms with van der Waals surface area (Å²) >= 11 is 0. The van der Waals surface area contributed by atoms with Crippen molar-refractivity contribution in [3.05, 3.63) is 25.4 Å². The molecule has 2 unspecified atom stereocenters. The van der Waals surface area contributed by atoms with E-state index in [0.29, 0.717) is 11.8 Å². The van der Waals surface area contributed by atoms with Gasteiger partial charge in [-0.25, -0.2) is 0 Å². The van der Waals surface area contributed by atoms with Gasteiger partial charge in [0.25, 0.3) is 0 Å². The minimum atomic E-state index is 0.454. The van der Waals surface area contributed by atoms with E-state index in [2.05, 4.69) is 32.0 Å². The molecule has 0 radical (unpaired) electrons. The molecular weight excluding hydrogens is 146 g/mol. The van der Waals surface area contributed by atoms with E-state index in [1.165, 1.54) is 0 Å². The van der Waals surface area contributed by atoms with E-state index in [-0.39, 0.29) is 0 Å². The number of aliphatic imine (C=N–C) groups is 1. The summed E-state index contributed by atoms with van der Waals surface area (Å²) in [6.45, 7) is 15.4. The van der Waals surface area contributed by atoms with Crippen LogP contribution in [-0.2, 0) is 0 Å². The Morgan fingerprint density at radius 3 is 1.92 bits per heavy atom. The Hall–Kier alpha value is -0.850. The molecule has 1 heteroatoms. The molecule has 0 N–H and O–H groups in total. The van der Waals surface area contributed by atoms with E-state index in [9.17, 15) is 0 Å². The van der Waals surface area contributed by atoms with E-state index < -0.39 is 0 Å². The second-order valence-corrected chi connectivity index (χ2v) is 2.43. The smallest absolute Gasteiger partial charge is 0.0192 e. The van der Waals surface area contributed by atoms with Crippen LogP contribution < -0.4 is 0 Å². The lowest BCUT2D eigenvalue weighted by Crippen LogP contribution is -2.05. The second kappa shape index (κ2) is 10.2. The molecule has 0 aromatic rings. The highest BCUT2D eigenvalue weighted by Crippen LogP contribution is 2.08. The summed E-state index contributed by atoms with van der Waals surface area (Å²) in [5.41, 5.74) is 0. The molecule has 0 heterocycles. The van der Waals surface area contributed by atoms with Crippen LogP contribution in [-0.4, -0.2) is 6.21 Å². The first kappa shape index (κ1) is 13.7. The lowest BCUT2D eigenvalue weighted by Gasteiger charge is -2.08. The maximum Gasteiger partial charge on any atom is 0.0192 e. The van der Waals surface area contributed by atoms with Gasteiger partial charge in [-0.1, -0.05) is 40.3 Å². The van der Waals surface area contributed by atoms with Crippen LogP contribution in [0.4, 0.5) is 0 Å². The third-order valence-electron chi connectivity index (χ3n) is 1.63. The molecule has 0 bridgehead atoms. The standard InChI is InChI=1S/C9H15N.C2H6/c1-5-8(3)9(4)7-10-6-2;1-2/h5-9H,1-2H2,3-4H3;1-2H3.